The molecule has 1 aromatic heterocycles. The van der Waals surface area contributed by atoms with E-state index in [1.807, 2.05) is 43.4 Å². The first kappa shape index (κ1) is 12.9. The second-order valence-corrected chi connectivity index (χ2v) is 4.29. The van der Waals surface area contributed by atoms with Crippen molar-refractivity contribution in [2.45, 2.75) is 13.2 Å². The first-order chi connectivity index (χ1) is 8.81. The fourth-order valence-electron chi connectivity index (χ4n) is 1.64. The molecule has 0 saturated carbocycles. The van der Waals surface area contributed by atoms with Gasteiger partial charge in [0.15, 0.2) is 0 Å². The first-order valence-corrected chi connectivity index (χ1v) is 6.13. The smallest absolute Gasteiger partial charge is 0.218 e. The highest BCUT2D eigenvalue weighted by Crippen LogP contribution is 2.19. The number of hydrogen-bond acceptors (Lipinski definition) is 3. The predicted molar refractivity (Wildman–Crippen MR) is 72.8 cm³/mol. The van der Waals surface area contributed by atoms with Crippen molar-refractivity contribution in [3.63, 3.8) is 0 Å². The lowest BCUT2D eigenvalue weighted by Gasteiger charge is -2.10. The monoisotopic (exact) mass is 262 g/mol. The van der Waals surface area contributed by atoms with E-state index in [9.17, 15) is 0 Å². The maximum absolute atomic E-state index is 6.08. The third-order valence-electron chi connectivity index (χ3n) is 2.54. The summed E-state index contributed by atoms with van der Waals surface area (Å²) >= 11 is 6.08. The van der Waals surface area contributed by atoms with Crippen LogP contribution in [0.5, 0.6) is 5.88 Å². The highest BCUT2D eigenvalue weighted by Gasteiger charge is 2.05. The van der Waals surface area contributed by atoms with Crippen molar-refractivity contribution in [1.82, 2.24) is 10.3 Å². The second kappa shape index (κ2) is 6.38. The molecular weight excluding hydrogens is 248 g/mol. The number of pyridine rings is 1. The molecule has 94 valence electrons. The summed E-state index contributed by atoms with van der Waals surface area (Å²) in [6, 6.07) is 11.5. The van der Waals surface area contributed by atoms with Crippen LogP contribution in [0.2, 0.25) is 5.02 Å². The van der Waals surface area contributed by atoms with Gasteiger partial charge in [-0.25, -0.2) is 4.98 Å². The number of rotatable bonds is 5. The Morgan fingerprint density at radius 2 is 1.94 bits per heavy atom. The fraction of sp³-hybridized carbons (Fsp3) is 0.214. The fourth-order valence-corrected chi connectivity index (χ4v) is 1.83. The minimum absolute atomic E-state index is 0.424. The van der Waals surface area contributed by atoms with Crippen LogP contribution in [0, 0.1) is 0 Å². The number of hydrogen-bond donors (Lipinski definition) is 1. The van der Waals surface area contributed by atoms with Crippen LogP contribution in [0.3, 0.4) is 0 Å². The van der Waals surface area contributed by atoms with Crippen molar-refractivity contribution in [2.24, 2.45) is 0 Å². The molecule has 3 nitrogen and oxygen atoms in total. The zero-order valence-corrected chi connectivity index (χ0v) is 10.9. The van der Waals surface area contributed by atoms with E-state index < -0.39 is 0 Å². The van der Waals surface area contributed by atoms with Crippen molar-refractivity contribution in [3.05, 3.63) is 58.7 Å². The predicted octanol–water partition coefficient (Wildman–Crippen LogP) is 3.03. The highest BCUT2D eigenvalue weighted by molar-refractivity contribution is 6.31. The van der Waals surface area contributed by atoms with Gasteiger partial charge in [0.25, 0.3) is 0 Å². The van der Waals surface area contributed by atoms with E-state index >= 15 is 0 Å². The minimum atomic E-state index is 0.424. The molecule has 0 spiro atoms. The molecule has 2 aromatic rings. The topological polar surface area (TPSA) is 34.2 Å². The molecule has 18 heavy (non-hydrogen) atoms. The molecule has 0 bridgehead atoms. The molecule has 0 unspecified atom stereocenters. The van der Waals surface area contributed by atoms with Crippen LogP contribution in [0.4, 0.5) is 0 Å². The first-order valence-electron chi connectivity index (χ1n) is 5.76. The number of nitrogens with one attached hydrogen (secondary N) is 1. The van der Waals surface area contributed by atoms with Gasteiger partial charge in [0.05, 0.1) is 0 Å². The molecule has 0 saturated heterocycles. The van der Waals surface area contributed by atoms with Crippen LogP contribution in [-0.4, -0.2) is 12.0 Å². The molecule has 4 heteroatoms. The zero-order chi connectivity index (χ0) is 12.8. The molecule has 0 aliphatic carbocycles. The van der Waals surface area contributed by atoms with Gasteiger partial charge in [-0.15, -0.1) is 0 Å². The number of nitrogens with zero attached hydrogens (tertiary/aromatic N) is 1. The van der Waals surface area contributed by atoms with E-state index in [0.717, 1.165) is 17.7 Å². The van der Waals surface area contributed by atoms with Crippen LogP contribution < -0.4 is 10.1 Å². The van der Waals surface area contributed by atoms with Crippen molar-refractivity contribution < 1.29 is 4.74 Å². The van der Waals surface area contributed by atoms with E-state index in [1.165, 1.54) is 0 Å². The van der Waals surface area contributed by atoms with Crippen LogP contribution in [0.25, 0.3) is 0 Å². The number of halogens is 1. The molecule has 2 rings (SSSR count). The summed E-state index contributed by atoms with van der Waals surface area (Å²) in [5, 5.41) is 3.80. The van der Waals surface area contributed by atoms with E-state index in [-0.39, 0.29) is 0 Å². The average Bonchev–Trinajstić information content (AvgIpc) is 2.40. The summed E-state index contributed by atoms with van der Waals surface area (Å²) in [4.78, 5) is 4.24. The van der Waals surface area contributed by atoms with E-state index in [0.29, 0.717) is 17.5 Å². The Kier molecular flexibility index (Phi) is 4.56. The van der Waals surface area contributed by atoms with Gasteiger partial charge in [0, 0.05) is 28.9 Å². The van der Waals surface area contributed by atoms with Crippen LogP contribution in [0.15, 0.2) is 42.6 Å². The average molecular weight is 263 g/mol. The Bertz CT molecular complexity index is 517. The van der Waals surface area contributed by atoms with E-state index in [2.05, 4.69) is 10.3 Å². The Labute approximate surface area is 112 Å². The standard InChI is InChI=1S/C14H15ClN2O/c1-16-9-11-6-4-8-17-14(11)18-10-12-5-2-3-7-13(12)15/h2-8,16H,9-10H2,1H3. The number of aromatic nitrogens is 1. The van der Waals surface area contributed by atoms with Gasteiger partial charge in [-0.1, -0.05) is 35.9 Å². The Hall–Kier alpha value is -1.58. The Morgan fingerprint density at radius 3 is 2.72 bits per heavy atom. The second-order valence-electron chi connectivity index (χ2n) is 3.88. The third-order valence-corrected chi connectivity index (χ3v) is 2.91. The van der Waals surface area contributed by atoms with Gasteiger partial charge >= 0.3 is 0 Å². The SMILES string of the molecule is CNCc1cccnc1OCc1ccccc1Cl. The minimum Gasteiger partial charge on any atom is -0.473 e. The third kappa shape index (κ3) is 3.22. The maximum Gasteiger partial charge on any atom is 0.218 e. The normalized spacial score (nSPS) is 10.3. The molecule has 0 aliphatic rings. The number of benzene rings is 1. The zero-order valence-electron chi connectivity index (χ0n) is 10.2. The molecule has 1 aromatic carbocycles. The molecule has 0 radical (unpaired) electrons. The summed E-state index contributed by atoms with van der Waals surface area (Å²) in [5.74, 6) is 0.645. The van der Waals surface area contributed by atoms with E-state index in [1.54, 1.807) is 6.20 Å². The van der Waals surface area contributed by atoms with Gasteiger partial charge < -0.3 is 10.1 Å². The van der Waals surface area contributed by atoms with Gasteiger partial charge in [-0.05, 0) is 19.2 Å². The van der Waals surface area contributed by atoms with Gasteiger partial charge in [0.2, 0.25) is 5.88 Å². The lowest BCUT2D eigenvalue weighted by atomic mass is 10.2. The van der Waals surface area contributed by atoms with Crippen molar-refractivity contribution in [1.29, 1.82) is 0 Å². The summed E-state index contributed by atoms with van der Waals surface area (Å²) in [6.07, 6.45) is 1.72. The van der Waals surface area contributed by atoms with E-state index in [4.69, 9.17) is 16.3 Å². The van der Waals surface area contributed by atoms with Crippen LogP contribution >= 0.6 is 11.6 Å². The molecule has 0 atom stereocenters. The highest BCUT2D eigenvalue weighted by atomic mass is 35.5. The quantitative estimate of drug-likeness (QED) is 0.899. The summed E-state index contributed by atoms with van der Waals surface area (Å²) in [5.41, 5.74) is 1.99. The lowest BCUT2D eigenvalue weighted by molar-refractivity contribution is 0.290. The Balaban J connectivity index is 2.08. The van der Waals surface area contributed by atoms with Crippen molar-refractivity contribution in [2.75, 3.05) is 7.05 Å². The van der Waals surface area contributed by atoms with Crippen LogP contribution in [0.1, 0.15) is 11.1 Å². The molecular formula is C14H15ClN2O. The summed E-state index contributed by atoms with van der Waals surface area (Å²) in [7, 11) is 1.89. The van der Waals surface area contributed by atoms with Gasteiger partial charge in [-0.2, -0.15) is 0 Å². The van der Waals surface area contributed by atoms with Crippen LogP contribution in [-0.2, 0) is 13.2 Å². The van der Waals surface area contributed by atoms with Crippen molar-refractivity contribution in [3.8, 4) is 5.88 Å². The molecule has 0 amide bonds. The molecule has 0 fully saturated rings. The Morgan fingerprint density at radius 1 is 1.17 bits per heavy atom. The molecule has 1 N–H and O–H groups in total. The largest absolute Gasteiger partial charge is 0.473 e. The van der Waals surface area contributed by atoms with Gasteiger partial charge in [-0.3, -0.25) is 0 Å². The summed E-state index contributed by atoms with van der Waals surface area (Å²) in [6.45, 7) is 1.15. The van der Waals surface area contributed by atoms with Crippen molar-refractivity contribution >= 4 is 11.6 Å². The molecule has 0 aliphatic heterocycles. The number of ether oxygens (including phenoxy) is 1. The lowest BCUT2D eigenvalue weighted by Crippen LogP contribution is -2.08. The van der Waals surface area contributed by atoms with Gasteiger partial charge in [0.1, 0.15) is 6.61 Å². The molecule has 1 heterocycles. The maximum atomic E-state index is 6.08. The summed E-state index contributed by atoms with van der Waals surface area (Å²) < 4.78 is 5.72.